The molecule has 0 N–H and O–H groups in total. The second-order valence-corrected chi connectivity index (χ2v) is 3.20. The Labute approximate surface area is 81.1 Å². The molecule has 0 aliphatic carbocycles. The van der Waals surface area contributed by atoms with Crippen molar-refractivity contribution >= 4 is 5.91 Å². The summed E-state index contributed by atoms with van der Waals surface area (Å²) in [5.74, 6) is -1.53. The zero-order chi connectivity index (χ0) is 10.7. The summed E-state index contributed by atoms with van der Waals surface area (Å²) in [7, 11) is 3.17. The normalized spacial score (nSPS) is 10.0. The number of likely N-dealkylation sites (N-methyl/N-ethyl adjacent to an activating group) is 1. The minimum absolute atomic E-state index is 0.0425. The van der Waals surface area contributed by atoms with Crippen LogP contribution >= 0.6 is 0 Å². The third-order valence-electron chi connectivity index (χ3n) is 1.86. The molecular formula is C10H11F2NO. The molecule has 4 heteroatoms. The predicted octanol–water partition coefficient (Wildman–Crippen LogP) is 1.60. The second kappa shape index (κ2) is 4.17. The molecule has 1 aromatic carbocycles. The number of carbonyl (C=O) groups is 1. The van der Waals surface area contributed by atoms with E-state index < -0.39 is 11.6 Å². The van der Waals surface area contributed by atoms with Crippen molar-refractivity contribution in [3.05, 3.63) is 35.4 Å². The maximum atomic E-state index is 13.1. The monoisotopic (exact) mass is 199 g/mol. The largest absolute Gasteiger partial charge is 0.349 e. The molecule has 0 saturated heterocycles. The fourth-order valence-corrected chi connectivity index (χ4v) is 0.986. The molecule has 0 atom stereocenters. The lowest BCUT2D eigenvalue weighted by atomic mass is 10.1. The lowest BCUT2D eigenvalue weighted by Crippen LogP contribution is -2.23. The Kier molecular flexibility index (Phi) is 3.17. The third-order valence-corrected chi connectivity index (χ3v) is 1.86. The number of amides is 1. The highest BCUT2D eigenvalue weighted by Gasteiger charge is 2.10. The van der Waals surface area contributed by atoms with Crippen molar-refractivity contribution in [2.75, 3.05) is 14.1 Å². The van der Waals surface area contributed by atoms with Crippen molar-refractivity contribution in [2.24, 2.45) is 0 Å². The molecule has 0 aliphatic rings. The molecule has 0 unspecified atom stereocenters. The lowest BCUT2D eigenvalue weighted by molar-refractivity contribution is -0.128. The van der Waals surface area contributed by atoms with Gasteiger partial charge in [0.25, 0.3) is 0 Å². The SMILES string of the molecule is CN(C)C(=O)Cc1ccc(F)cc1F. The van der Waals surface area contributed by atoms with Gasteiger partial charge in [0.2, 0.25) is 5.91 Å². The fraction of sp³-hybridized carbons (Fsp3) is 0.300. The van der Waals surface area contributed by atoms with Gasteiger partial charge >= 0.3 is 0 Å². The molecule has 0 saturated carbocycles. The molecule has 0 fully saturated rings. The van der Waals surface area contributed by atoms with Gasteiger partial charge in [-0.25, -0.2) is 8.78 Å². The van der Waals surface area contributed by atoms with E-state index >= 15 is 0 Å². The molecule has 0 heterocycles. The molecule has 0 radical (unpaired) electrons. The molecule has 1 rings (SSSR count). The van der Waals surface area contributed by atoms with Gasteiger partial charge in [-0.3, -0.25) is 4.79 Å². The zero-order valence-electron chi connectivity index (χ0n) is 8.05. The van der Waals surface area contributed by atoms with E-state index in [2.05, 4.69) is 0 Å². The smallest absolute Gasteiger partial charge is 0.226 e. The summed E-state index contributed by atoms with van der Waals surface area (Å²) in [4.78, 5) is 12.6. The van der Waals surface area contributed by atoms with Crippen molar-refractivity contribution in [3.8, 4) is 0 Å². The highest BCUT2D eigenvalue weighted by atomic mass is 19.1. The van der Waals surface area contributed by atoms with E-state index in [1.165, 1.54) is 11.0 Å². The van der Waals surface area contributed by atoms with Crippen LogP contribution in [-0.2, 0) is 11.2 Å². The molecule has 1 amide bonds. The summed E-state index contributed by atoms with van der Waals surface area (Å²) in [6.45, 7) is 0. The molecule has 76 valence electrons. The van der Waals surface area contributed by atoms with Crippen LogP contribution in [-0.4, -0.2) is 24.9 Å². The number of hydrogen-bond acceptors (Lipinski definition) is 1. The summed E-state index contributed by atoms with van der Waals surface area (Å²) < 4.78 is 25.6. The van der Waals surface area contributed by atoms with Crippen LogP contribution in [0.5, 0.6) is 0 Å². The number of nitrogens with zero attached hydrogens (tertiary/aromatic N) is 1. The number of rotatable bonds is 2. The molecule has 0 aliphatic heterocycles. The first kappa shape index (κ1) is 10.6. The fourth-order valence-electron chi connectivity index (χ4n) is 0.986. The molecular weight excluding hydrogens is 188 g/mol. The van der Waals surface area contributed by atoms with Gasteiger partial charge in [0.15, 0.2) is 0 Å². The van der Waals surface area contributed by atoms with Gasteiger partial charge in [-0.1, -0.05) is 6.07 Å². The average molecular weight is 199 g/mol. The Hall–Kier alpha value is -1.45. The van der Waals surface area contributed by atoms with Gasteiger partial charge in [-0.2, -0.15) is 0 Å². The zero-order valence-corrected chi connectivity index (χ0v) is 8.05. The molecule has 14 heavy (non-hydrogen) atoms. The standard InChI is InChI=1S/C10H11F2NO/c1-13(2)10(14)5-7-3-4-8(11)6-9(7)12/h3-4,6H,5H2,1-2H3. The van der Waals surface area contributed by atoms with Gasteiger partial charge in [-0.15, -0.1) is 0 Å². The van der Waals surface area contributed by atoms with E-state index in [1.54, 1.807) is 14.1 Å². The molecule has 1 aromatic rings. The first-order valence-electron chi connectivity index (χ1n) is 4.15. The quantitative estimate of drug-likeness (QED) is 0.708. The lowest BCUT2D eigenvalue weighted by Gasteiger charge is -2.10. The molecule has 0 bridgehead atoms. The van der Waals surface area contributed by atoms with Crippen LogP contribution in [0, 0.1) is 11.6 Å². The van der Waals surface area contributed by atoms with Gasteiger partial charge in [0, 0.05) is 20.2 Å². The molecule has 0 spiro atoms. The Bertz CT molecular complexity index is 350. The van der Waals surface area contributed by atoms with Crippen molar-refractivity contribution in [3.63, 3.8) is 0 Å². The van der Waals surface area contributed by atoms with E-state index in [4.69, 9.17) is 0 Å². The van der Waals surface area contributed by atoms with Crippen molar-refractivity contribution < 1.29 is 13.6 Å². The van der Waals surface area contributed by atoms with Crippen LogP contribution in [0.1, 0.15) is 5.56 Å². The van der Waals surface area contributed by atoms with Crippen LogP contribution in [0.2, 0.25) is 0 Å². The highest BCUT2D eigenvalue weighted by molar-refractivity contribution is 5.78. The number of carbonyl (C=O) groups excluding carboxylic acids is 1. The van der Waals surface area contributed by atoms with Crippen LogP contribution < -0.4 is 0 Å². The van der Waals surface area contributed by atoms with Crippen LogP contribution in [0.3, 0.4) is 0 Å². The predicted molar refractivity (Wildman–Crippen MR) is 48.8 cm³/mol. The minimum atomic E-state index is -0.680. The Balaban J connectivity index is 2.82. The van der Waals surface area contributed by atoms with Crippen LogP contribution in [0.4, 0.5) is 8.78 Å². The summed E-state index contributed by atoms with van der Waals surface area (Å²) in [5, 5.41) is 0. The van der Waals surface area contributed by atoms with Crippen LogP contribution in [0.25, 0.3) is 0 Å². The number of hydrogen-bond donors (Lipinski definition) is 0. The Morgan fingerprint density at radius 2 is 2.00 bits per heavy atom. The van der Waals surface area contributed by atoms with Gasteiger partial charge < -0.3 is 4.90 Å². The summed E-state index contributed by atoms with van der Waals surface area (Å²) in [6.07, 6.45) is -0.0425. The van der Waals surface area contributed by atoms with Crippen LogP contribution in [0.15, 0.2) is 18.2 Å². The maximum absolute atomic E-state index is 13.1. The second-order valence-electron chi connectivity index (χ2n) is 3.20. The number of benzene rings is 1. The third kappa shape index (κ3) is 2.52. The summed E-state index contributed by atoms with van der Waals surface area (Å²) in [6, 6.07) is 3.20. The van der Waals surface area contributed by atoms with E-state index in [1.807, 2.05) is 0 Å². The van der Waals surface area contributed by atoms with E-state index in [0.717, 1.165) is 12.1 Å². The van der Waals surface area contributed by atoms with E-state index in [-0.39, 0.29) is 17.9 Å². The van der Waals surface area contributed by atoms with E-state index in [0.29, 0.717) is 0 Å². The summed E-state index contributed by atoms with van der Waals surface area (Å²) in [5.41, 5.74) is 0.213. The maximum Gasteiger partial charge on any atom is 0.226 e. The number of halogens is 2. The topological polar surface area (TPSA) is 20.3 Å². The molecule has 0 aromatic heterocycles. The first-order valence-corrected chi connectivity index (χ1v) is 4.15. The van der Waals surface area contributed by atoms with Crippen molar-refractivity contribution in [2.45, 2.75) is 6.42 Å². The average Bonchev–Trinajstić information content (AvgIpc) is 2.09. The minimum Gasteiger partial charge on any atom is -0.349 e. The van der Waals surface area contributed by atoms with E-state index in [9.17, 15) is 13.6 Å². The van der Waals surface area contributed by atoms with Gasteiger partial charge in [0.1, 0.15) is 11.6 Å². The Morgan fingerprint density at radius 1 is 1.36 bits per heavy atom. The highest BCUT2D eigenvalue weighted by Crippen LogP contribution is 2.10. The van der Waals surface area contributed by atoms with Gasteiger partial charge in [-0.05, 0) is 11.6 Å². The summed E-state index contributed by atoms with van der Waals surface area (Å²) >= 11 is 0. The molecule has 2 nitrogen and oxygen atoms in total. The van der Waals surface area contributed by atoms with Crippen molar-refractivity contribution in [1.29, 1.82) is 0 Å². The Morgan fingerprint density at radius 3 is 2.50 bits per heavy atom. The first-order chi connectivity index (χ1) is 6.50. The van der Waals surface area contributed by atoms with Crippen molar-refractivity contribution in [1.82, 2.24) is 4.90 Å². The van der Waals surface area contributed by atoms with Gasteiger partial charge in [0.05, 0.1) is 6.42 Å².